The topological polar surface area (TPSA) is 51.8 Å². The van der Waals surface area contributed by atoms with Gasteiger partial charge in [-0.05, 0) is 33.0 Å². The van der Waals surface area contributed by atoms with Gasteiger partial charge in [0.2, 0.25) is 0 Å². The molecular weight excluding hydrogens is 647 g/mol. The van der Waals surface area contributed by atoms with Crippen LogP contribution in [-0.4, -0.2) is 15.0 Å². The van der Waals surface area contributed by atoms with Crippen LogP contribution in [0.2, 0.25) is 0 Å². The summed E-state index contributed by atoms with van der Waals surface area (Å²) in [6.45, 7) is 0. The van der Waals surface area contributed by atoms with Crippen LogP contribution in [0, 0.1) is 0 Å². The lowest BCUT2D eigenvalue weighted by atomic mass is 9.97. The first kappa shape index (κ1) is 30.6. The van der Waals surface area contributed by atoms with Crippen molar-refractivity contribution in [3.05, 3.63) is 188 Å². The minimum Gasteiger partial charge on any atom is -0.455 e. The zero-order chi connectivity index (χ0) is 35.1. The second kappa shape index (κ2) is 12.9. The number of furan rings is 1. The largest absolute Gasteiger partial charge is 0.455 e. The number of para-hydroxylation sites is 2. The number of nitrogens with zero attached hydrogens (tertiary/aromatic N) is 3. The van der Waals surface area contributed by atoms with Crippen molar-refractivity contribution in [2.24, 2.45) is 0 Å². The summed E-state index contributed by atoms with van der Waals surface area (Å²) in [4.78, 5) is 15.0. The average Bonchev–Trinajstić information content (AvgIpc) is 3.63. The third kappa shape index (κ3) is 5.54. The summed E-state index contributed by atoms with van der Waals surface area (Å²) in [5.74, 6) is 1.88. The van der Waals surface area contributed by atoms with Crippen LogP contribution >= 0.6 is 0 Å². The molecule has 10 aromatic rings. The van der Waals surface area contributed by atoms with Crippen LogP contribution in [0.25, 0.3) is 100 Å². The molecule has 0 aliphatic rings. The van der Waals surface area contributed by atoms with Crippen LogP contribution in [0.1, 0.15) is 0 Å². The van der Waals surface area contributed by atoms with Crippen molar-refractivity contribution in [3.63, 3.8) is 0 Å². The van der Waals surface area contributed by atoms with Crippen molar-refractivity contribution in [1.82, 2.24) is 15.0 Å². The normalized spacial score (nSPS) is 11.4. The molecule has 4 nitrogen and oxygen atoms in total. The van der Waals surface area contributed by atoms with Crippen molar-refractivity contribution in [2.45, 2.75) is 0 Å². The van der Waals surface area contributed by atoms with Gasteiger partial charge in [-0.15, -0.1) is 0 Å². The van der Waals surface area contributed by atoms with Crippen molar-refractivity contribution in [2.75, 3.05) is 0 Å². The molecule has 0 radical (unpaired) electrons. The monoisotopic (exact) mass is 677 g/mol. The molecule has 0 aliphatic heterocycles. The summed E-state index contributed by atoms with van der Waals surface area (Å²) < 4.78 is 6.69. The molecule has 0 fully saturated rings. The number of fused-ring (bicyclic) bond motifs is 4. The summed E-state index contributed by atoms with van der Waals surface area (Å²) in [6, 6.07) is 65.1. The van der Waals surface area contributed by atoms with E-state index in [0.29, 0.717) is 17.5 Å². The quantitative estimate of drug-likeness (QED) is 0.176. The van der Waals surface area contributed by atoms with E-state index in [9.17, 15) is 0 Å². The van der Waals surface area contributed by atoms with Crippen molar-refractivity contribution in [1.29, 1.82) is 0 Å². The molecule has 8 aromatic carbocycles. The van der Waals surface area contributed by atoms with E-state index in [1.54, 1.807) is 0 Å². The molecule has 0 N–H and O–H groups in total. The lowest BCUT2D eigenvalue weighted by molar-refractivity contribution is 0.671. The Morgan fingerprint density at radius 3 is 1.19 bits per heavy atom. The zero-order valence-electron chi connectivity index (χ0n) is 28.6. The van der Waals surface area contributed by atoms with Gasteiger partial charge in [0, 0.05) is 38.6 Å². The number of benzene rings is 8. The van der Waals surface area contributed by atoms with Gasteiger partial charge in [0.1, 0.15) is 11.2 Å². The number of hydrogen-bond acceptors (Lipinski definition) is 4. The second-order valence-corrected chi connectivity index (χ2v) is 13.2. The molecule has 53 heavy (non-hydrogen) atoms. The molecule has 0 atom stereocenters. The molecule has 2 aromatic heterocycles. The van der Waals surface area contributed by atoms with Crippen LogP contribution in [0.3, 0.4) is 0 Å². The predicted octanol–water partition coefficient (Wildman–Crippen LogP) is 12.9. The SMILES string of the molecule is c1ccc(-c2nc(-c3ccc(-c4cccc5ccccc45)cc3)nc(-c3ccc(-c4cccc5c4oc4c(-c6ccccc6)cccc45)cc3)n2)cc1. The lowest BCUT2D eigenvalue weighted by Crippen LogP contribution is -2.00. The van der Waals surface area contributed by atoms with Crippen LogP contribution in [0.15, 0.2) is 192 Å². The maximum Gasteiger partial charge on any atom is 0.164 e. The fourth-order valence-electron chi connectivity index (χ4n) is 7.32. The Balaban J connectivity index is 1.04. The van der Waals surface area contributed by atoms with Gasteiger partial charge in [0.15, 0.2) is 17.5 Å². The molecule has 248 valence electrons. The van der Waals surface area contributed by atoms with Gasteiger partial charge in [-0.2, -0.15) is 0 Å². The molecular formula is C49H31N3O. The molecule has 0 saturated carbocycles. The van der Waals surface area contributed by atoms with E-state index >= 15 is 0 Å². The number of rotatable bonds is 6. The first-order valence-electron chi connectivity index (χ1n) is 17.8. The Labute approximate surface area is 306 Å². The van der Waals surface area contributed by atoms with Gasteiger partial charge < -0.3 is 4.42 Å². The van der Waals surface area contributed by atoms with Gasteiger partial charge in [-0.25, -0.2) is 15.0 Å². The highest BCUT2D eigenvalue weighted by molar-refractivity contribution is 6.13. The maximum absolute atomic E-state index is 6.69. The smallest absolute Gasteiger partial charge is 0.164 e. The maximum atomic E-state index is 6.69. The average molecular weight is 678 g/mol. The summed E-state index contributed by atoms with van der Waals surface area (Å²) in [6.07, 6.45) is 0. The molecule has 0 unspecified atom stereocenters. The molecule has 0 aliphatic carbocycles. The molecule has 0 amide bonds. The minimum atomic E-state index is 0.619. The molecule has 0 saturated heterocycles. The highest BCUT2D eigenvalue weighted by atomic mass is 16.3. The van der Waals surface area contributed by atoms with Gasteiger partial charge in [-0.1, -0.05) is 188 Å². The highest BCUT2D eigenvalue weighted by Gasteiger charge is 2.17. The minimum absolute atomic E-state index is 0.619. The van der Waals surface area contributed by atoms with E-state index in [1.807, 2.05) is 36.4 Å². The standard InChI is InChI=1S/C49H31N3O/c1-3-12-33(13-4-1)41-20-10-22-43-44-23-11-21-42(46(44)53-45(41)43)35-26-30-38(31-27-35)49-51-47(36-15-5-2-6-16-36)50-48(52-49)37-28-24-34(25-29-37)40-19-9-17-32-14-7-8-18-39(32)40/h1-31H. The van der Waals surface area contributed by atoms with Gasteiger partial charge in [0.05, 0.1) is 0 Å². The van der Waals surface area contributed by atoms with Crippen LogP contribution in [0.4, 0.5) is 0 Å². The molecule has 0 spiro atoms. The fourth-order valence-corrected chi connectivity index (χ4v) is 7.32. The first-order valence-corrected chi connectivity index (χ1v) is 17.8. The lowest BCUT2D eigenvalue weighted by Gasteiger charge is -2.10. The van der Waals surface area contributed by atoms with Gasteiger partial charge >= 0.3 is 0 Å². The molecule has 2 heterocycles. The third-order valence-corrected chi connectivity index (χ3v) is 9.97. The van der Waals surface area contributed by atoms with Crippen molar-refractivity contribution < 1.29 is 4.42 Å². The third-order valence-electron chi connectivity index (χ3n) is 9.97. The Bertz CT molecular complexity index is 2910. The van der Waals surface area contributed by atoms with E-state index in [2.05, 4.69) is 152 Å². The van der Waals surface area contributed by atoms with E-state index < -0.39 is 0 Å². The van der Waals surface area contributed by atoms with Gasteiger partial charge in [0.25, 0.3) is 0 Å². The Hall–Kier alpha value is -7.17. The van der Waals surface area contributed by atoms with Crippen LogP contribution < -0.4 is 0 Å². The Morgan fingerprint density at radius 2 is 0.623 bits per heavy atom. The zero-order valence-corrected chi connectivity index (χ0v) is 28.6. The summed E-state index contributed by atoms with van der Waals surface area (Å²) in [7, 11) is 0. The second-order valence-electron chi connectivity index (χ2n) is 13.2. The van der Waals surface area contributed by atoms with E-state index in [1.165, 1.54) is 16.3 Å². The van der Waals surface area contributed by atoms with E-state index in [0.717, 1.165) is 66.4 Å². The summed E-state index contributed by atoms with van der Waals surface area (Å²) >= 11 is 0. The first-order chi connectivity index (χ1) is 26.3. The van der Waals surface area contributed by atoms with Crippen LogP contribution in [0.5, 0.6) is 0 Å². The van der Waals surface area contributed by atoms with E-state index in [-0.39, 0.29) is 0 Å². The molecule has 4 heteroatoms. The van der Waals surface area contributed by atoms with Crippen molar-refractivity contribution in [3.8, 4) is 67.5 Å². The Kier molecular flexibility index (Phi) is 7.43. The van der Waals surface area contributed by atoms with E-state index in [4.69, 9.17) is 19.4 Å². The predicted molar refractivity (Wildman–Crippen MR) is 217 cm³/mol. The van der Waals surface area contributed by atoms with Crippen molar-refractivity contribution >= 4 is 32.7 Å². The highest BCUT2D eigenvalue weighted by Crippen LogP contribution is 2.40. The van der Waals surface area contributed by atoms with Gasteiger partial charge in [-0.3, -0.25) is 0 Å². The number of hydrogen-bond donors (Lipinski definition) is 0. The Morgan fingerprint density at radius 1 is 0.264 bits per heavy atom. The molecule has 0 bridgehead atoms. The molecule has 10 rings (SSSR count). The fraction of sp³-hybridized carbons (Fsp3) is 0. The van der Waals surface area contributed by atoms with Crippen LogP contribution in [-0.2, 0) is 0 Å². The summed E-state index contributed by atoms with van der Waals surface area (Å²) in [5, 5.41) is 4.66. The number of aromatic nitrogens is 3. The summed E-state index contributed by atoms with van der Waals surface area (Å²) in [5.41, 5.74) is 11.2.